The Morgan fingerprint density at radius 3 is 2.73 bits per heavy atom. The molecular weight excluding hydrogens is 436 g/mol. The van der Waals surface area contributed by atoms with E-state index in [-0.39, 0.29) is 11.3 Å². The van der Waals surface area contributed by atoms with Gasteiger partial charge in [0.25, 0.3) is 0 Å². The number of carbonyl (C=O) groups excluding carboxylic acids is 1. The fraction of sp³-hybridized carbons (Fsp3) is 0.480. The fourth-order valence-electron chi connectivity index (χ4n) is 4.84. The molecule has 1 aliphatic rings. The third-order valence-electron chi connectivity index (χ3n) is 6.16. The van der Waals surface area contributed by atoms with Crippen molar-refractivity contribution in [3.8, 4) is 11.1 Å². The van der Waals surface area contributed by atoms with E-state index in [1.54, 1.807) is 6.20 Å². The third-order valence-corrected chi connectivity index (χ3v) is 6.35. The number of nitrogens with one attached hydrogen (secondary N) is 2. The first-order valence-electron chi connectivity index (χ1n) is 11.6. The summed E-state index contributed by atoms with van der Waals surface area (Å²) >= 11 is 6.38. The molecule has 4 N–H and O–H groups in total. The molecular formula is C25H33ClN6O. The van der Waals surface area contributed by atoms with Crippen molar-refractivity contribution in [2.45, 2.75) is 58.5 Å². The zero-order valence-electron chi connectivity index (χ0n) is 19.6. The van der Waals surface area contributed by atoms with Gasteiger partial charge in [0.1, 0.15) is 16.6 Å². The van der Waals surface area contributed by atoms with Crippen LogP contribution in [-0.2, 0) is 4.79 Å². The minimum absolute atomic E-state index is 0.115. The van der Waals surface area contributed by atoms with Gasteiger partial charge in [-0.05, 0) is 60.9 Å². The minimum Gasteiger partial charge on any atom is -0.369 e. The normalized spacial score (nSPS) is 19.2. The summed E-state index contributed by atoms with van der Waals surface area (Å²) in [6.45, 7) is 7.76. The van der Waals surface area contributed by atoms with E-state index in [9.17, 15) is 4.79 Å². The molecule has 0 unspecified atom stereocenters. The van der Waals surface area contributed by atoms with Crippen molar-refractivity contribution in [3.05, 3.63) is 41.8 Å². The van der Waals surface area contributed by atoms with Gasteiger partial charge in [-0.3, -0.25) is 9.69 Å². The number of nitrogens with two attached hydrogens (primary N) is 1. The van der Waals surface area contributed by atoms with Crippen LogP contribution in [0.3, 0.4) is 0 Å². The highest BCUT2D eigenvalue weighted by Crippen LogP contribution is 2.32. The Bertz CT molecular complexity index is 1110. The summed E-state index contributed by atoms with van der Waals surface area (Å²) in [6, 6.07) is 8.60. The smallest absolute Gasteiger partial charge is 0.231 e. The number of primary amides is 1. The van der Waals surface area contributed by atoms with Crippen molar-refractivity contribution in [2.24, 2.45) is 11.1 Å². The average molecular weight is 469 g/mol. The molecule has 0 atom stereocenters. The molecule has 1 fully saturated rings. The van der Waals surface area contributed by atoms with Crippen LogP contribution in [-0.4, -0.2) is 50.9 Å². The topological polar surface area (TPSA) is 99.9 Å². The molecule has 1 amide bonds. The van der Waals surface area contributed by atoms with Crippen molar-refractivity contribution >= 4 is 34.4 Å². The Morgan fingerprint density at radius 1 is 1.27 bits per heavy atom. The summed E-state index contributed by atoms with van der Waals surface area (Å²) in [7, 11) is 0. The van der Waals surface area contributed by atoms with E-state index in [1.165, 1.54) is 0 Å². The number of rotatable bonds is 7. The first kappa shape index (κ1) is 23.5. The first-order chi connectivity index (χ1) is 15.7. The van der Waals surface area contributed by atoms with Crippen molar-refractivity contribution in [3.63, 3.8) is 0 Å². The lowest BCUT2D eigenvalue weighted by Gasteiger charge is -2.39. The number of H-pyrrole nitrogens is 1. The highest BCUT2D eigenvalue weighted by molar-refractivity contribution is 6.29. The number of anilines is 1. The van der Waals surface area contributed by atoms with Gasteiger partial charge in [0.15, 0.2) is 0 Å². The molecule has 0 spiro atoms. The van der Waals surface area contributed by atoms with Crippen LogP contribution in [0.4, 0.5) is 5.82 Å². The number of carbonyl (C=O) groups is 1. The highest BCUT2D eigenvalue weighted by Gasteiger charge is 2.29. The van der Waals surface area contributed by atoms with Crippen LogP contribution in [0.15, 0.2) is 36.7 Å². The van der Waals surface area contributed by atoms with Gasteiger partial charge in [0.2, 0.25) is 5.91 Å². The molecule has 3 heterocycles. The lowest BCUT2D eigenvalue weighted by atomic mass is 9.88. The Labute approximate surface area is 200 Å². The first-order valence-corrected chi connectivity index (χ1v) is 11.9. The van der Waals surface area contributed by atoms with Gasteiger partial charge in [0.05, 0.1) is 6.54 Å². The Hall–Kier alpha value is -2.64. The van der Waals surface area contributed by atoms with Crippen LogP contribution >= 0.6 is 11.6 Å². The van der Waals surface area contributed by atoms with Crippen molar-refractivity contribution in [1.82, 2.24) is 19.9 Å². The summed E-state index contributed by atoms with van der Waals surface area (Å²) in [5, 5.41) is 5.10. The van der Waals surface area contributed by atoms with Crippen LogP contribution in [0.2, 0.25) is 5.15 Å². The summed E-state index contributed by atoms with van der Waals surface area (Å²) < 4.78 is 0. The maximum Gasteiger partial charge on any atom is 0.231 e. The Kier molecular flexibility index (Phi) is 6.91. The maximum absolute atomic E-state index is 11.6. The molecule has 1 saturated carbocycles. The maximum atomic E-state index is 11.6. The molecule has 0 bridgehead atoms. The number of pyridine rings is 2. The van der Waals surface area contributed by atoms with Gasteiger partial charge in [-0.1, -0.05) is 32.4 Å². The van der Waals surface area contributed by atoms with Crippen LogP contribution in [0.5, 0.6) is 0 Å². The van der Waals surface area contributed by atoms with Crippen LogP contribution in [0.25, 0.3) is 22.2 Å². The molecule has 0 radical (unpaired) electrons. The van der Waals surface area contributed by atoms with E-state index >= 15 is 0 Å². The molecule has 8 heteroatoms. The fourth-order valence-corrected chi connectivity index (χ4v) is 5.05. The SMILES string of the molecule is CC(C)(C)CN(CC(N)=O)C1CCC(Nc2cc(-c3c[nH]c4ncccc34)cc(Cl)n2)CC1. The second-order valence-corrected chi connectivity index (χ2v) is 10.6. The quantitative estimate of drug-likeness (QED) is 0.431. The molecule has 4 rings (SSSR count). The van der Waals surface area contributed by atoms with Crippen molar-refractivity contribution < 1.29 is 4.79 Å². The monoisotopic (exact) mass is 468 g/mol. The van der Waals surface area contributed by atoms with Crippen LogP contribution in [0, 0.1) is 5.41 Å². The molecule has 7 nitrogen and oxygen atoms in total. The number of aromatic nitrogens is 3. The highest BCUT2D eigenvalue weighted by atomic mass is 35.5. The molecule has 0 aliphatic heterocycles. The lowest BCUT2D eigenvalue weighted by Crippen LogP contribution is -2.47. The summed E-state index contributed by atoms with van der Waals surface area (Å²) in [6.07, 6.45) is 7.78. The van der Waals surface area contributed by atoms with Gasteiger partial charge >= 0.3 is 0 Å². The van der Waals surface area contributed by atoms with E-state index in [0.717, 1.165) is 60.2 Å². The van der Waals surface area contributed by atoms with E-state index in [4.69, 9.17) is 17.3 Å². The number of amides is 1. The third kappa shape index (κ3) is 6.03. The number of hydrogen-bond acceptors (Lipinski definition) is 5. The van der Waals surface area contributed by atoms with Crippen molar-refractivity contribution in [2.75, 3.05) is 18.4 Å². The molecule has 3 aromatic rings. The predicted octanol–water partition coefficient (Wildman–Crippen LogP) is 4.83. The van der Waals surface area contributed by atoms with Crippen molar-refractivity contribution in [1.29, 1.82) is 0 Å². The Balaban J connectivity index is 1.44. The van der Waals surface area contributed by atoms with E-state index in [2.05, 4.69) is 45.9 Å². The molecule has 176 valence electrons. The van der Waals surface area contributed by atoms with E-state index in [1.807, 2.05) is 30.5 Å². The van der Waals surface area contributed by atoms with Crippen LogP contribution < -0.4 is 11.1 Å². The van der Waals surface area contributed by atoms with Gasteiger partial charge in [-0.2, -0.15) is 0 Å². The molecule has 1 aliphatic carbocycles. The molecule has 0 saturated heterocycles. The zero-order chi connectivity index (χ0) is 23.6. The lowest BCUT2D eigenvalue weighted by molar-refractivity contribution is -0.120. The van der Waals surface area contributed by atoms with Gasteiger partial charge in [-0.15, -0.1) is 0 Å². The molecule has 3 aromatic heterocycles. The molecule has 33 heavy (non-hydrogen) atoms. The molecule has 0 aromatic carbocycles. The average Bonchev–Trinajstić information content (AvgIpc) is 3.16. The number of aromatic amines is 1. The van der Waals surface area contributed by atoms with Crippen LogP contribution in [0.1, 0.15) is 46.5 Å². The number of halogens is 1. The number of nitrogens with zero attached hydrogens (tertiary/aromatic N) is 3. The largest absolute Gasteiger partial charge is 0.369 e. The predicted molar refractivity (Wildman–Crippen MR) is 134 cm³/mol. The number of fused-ring (bicyclic) bond motifs is 1. The van der Waals surface area contributed by atoms with Gasteiger partial charge < -0.3 is 16.0 Å². The summed E-state index contributed by atoms with van der Waals surface area (Å²) in [5.74, 6) is 0.519. The number of hydrogen-bond donors (Lipinski definition) is 3. The van der Waals surface area contributed by atoms with Gasteiger partial charge in [0, 0.05) is 42.0 Å². The second kappa shape index (κ2) is 9.69. The van der Waals surface area contributed by atoms with E-state index in [0.29, 0.717) is 23.8 Å². The Morgan fingerprint density at radius 2 is 2.03 bits per heavy atom. The standard InChI is InChI=1S/C25H33ClN6O/c1-25(2,3)15-32(14-22(27)33)18-8-6-17(7-9-18)30-23-12-16(11-21(26)31-23)20-13-29-24-19(20)5-4-10-28-24/h4-5,10-13,17-18H,6-9,14-15H2,1-3H3,(H2,27,33)(H,28,29)(H,30,31). The van der Waals surface area contributed by atoms with E-state index < -0.39 is 0 Å². The second-order valence-electron chi connectivity index (χ2n) is 10.2. The minimum atomic E-state index is -0.261. The summed E-state index contributed by atoms with van der Waals surface area (Å²) in [5.41, 5.74) is 8.55. The van der Waals surface area contributed by atoms with Gasteiger partial charge in [-0.25, -0.2) is 9.97 Å². The zero-order valence-corrected chi connectivity index (χ0v) is 20.3. The summed E-state index contributed by atoms with van der Waals surface area (Å²) in [4.78, 5) is 26.0.